The predicted octanol–water partition coefficient (Wildman–Crippen LogP) is 1.06. The van der Waals surface area contributed by atoms with E-state index in [-0.39, 0.29) is 12.0 Å². The van der Waals surface area contributed by atoms with Gasteiger partial charge < -0.3 is 20.6 Å². The van der Waals surface area contributed by atoms with Crippen molar-refractivity contribution < 1.29 is 9.90 Å². The lowest BCUT2D eigenvalue weighted by atomic mass is 9.93. The van der Waals surface area contributed by atoms with Crippen molar-refractivity contribution in [2.45, 2.75) is 58.1 Å². The normalized spacial score (nSPS) is 21.8. The summed E-state index contributed by atoms with van der Waals surface area (Å²) >= 11 is 0. The number of likely N-dealkylation sites (N-methyl/N-ethyl adjacent to an activating group) is 1. The number of carbonyl (C=O) groups is 1. The van der Waals surface area contributed by atoms with Crippen molar-refractivity contribution in [3.8, 4) is 0 Å². The molecule has 0 aromatic carbocycles. The van der Waals surface area contributed by atoms with Crippen LogP contribution in [0.4, 0.5) is 0 Å². The number of nitrogens with two attached hydrogens (primary N) is 1. The highest BCUT2D eigenvalue weighted by Gasteiger charge is 2.31. The minimum absolute atomic E-state index is 0.0516. The SMILES string of the molecule is CCCC(C)(N)C(=O)N(C)CC1CCN(CC(C)O)CC1. The van der Waals surface area contributed by atoms with Gasteiger partial charge in [0.2, 0.25) is 5.91 Å². The van der Waals surface area contributed by atoms with Gasteiger partial charge in [-0.2, -0.15) is 0 Å². The van der Waals surface area contributed by atoms with Crippen molar-refractivity contribution >= 4 is 5.91 Å². The quantitative estimate of drug-likeness (QED) is 0.737. The third-order valence-corrected chi connectivity index (χ3v) is 4.37. The first-order valence-electron chi connectivity index (χ1n) is 8.21. The first-order valence-corrected chi connectivity index (χ1v) is 8.21. The highest BCUT2D eigenvalue weighted by atomic mass is 16.3. The molecule has 1 amide bonds. The molecule has 0 bridgehead atoms. The van der Waals surface area contributed by atoms with Gasteiger partial charge in [0.25, 0.3) is 0 Å². The number of aliphatic hydroxyl groups excluding tert-OH is 1. The van der Waals surface area contributed by atoms with Crippen molar-refractivity contribution in [1.29, 1.82) is 0 Å². The molecule has 2 atom stereocenters. The van der Waals surface area contributed by atoms with Gasteiger partial charge >= 0.3 is 0 Å². The van der Waals surface area contributed by atoms with Gasteiger partial charge in [0.15, 0.2) is 0 Å². The Morgan fingerprint density at radius 3 is 2.52 bits per heavy atom. The standard InChI is InChI=1S/C16H33N3O2/c1-5-8-16(3,17)15(21)18(4)12-14-6-9-19(10-7-14)11-13(2)20/h13-14,20H,5-12,17H2,1-4H3. The summed E-state index contributed by atoms with van der Waals surface area (Å²) < 4.78 is 0. The Kier molecular flexibility index (Phi) is 7.10. The fraction of sp³-hybridized carbons (Fsp3) is 0.938. The minimum Gasteiger partial charge on any atom is -0.392 e. The average Bonchev–Trinajstić information content (AvgIpc) is 2.39. The van der Waals surface area contributed by atoms with Crippen molar-refractivity contribution in [1.82, 2.24) is 9.80 Å². The van der Waals surface area contributed by atoms with Crippen molar-refractivity contribution in [3.05, 3.63) is 0 Å². The van der Waals surface area contributed by atoms with E-state index in [9.17, 15) is 9.90 Å². The summed E-state index contributed by atoms with van der Waals surface area (Å²) in [5.41, 5.74) is 5.39. The fourth-order valence-corrected chi connectivity index (χ4v) is 3.26. The monoisotopic (exact) mass is 299 g/mol. The Balaban J connectivity index is 2.39. The lowest BCUT2D eigenvalue weighted by Crippen LogP contribution is -2.53. The van der Waals surface area contributed by atoms with Gasteiger partial charge in [-0.3, -0.25) is 4.79 Å². The van der Waals surface area contributed by atoms with E-state index >= 15 is 0 Å². The lowest BCUT2D eigenvalue weighted by Gasteiger charge is -2.36. The zero-order valence-electron chi connectivity index (χ0n) is 14.1. The number of carbonyl (C=O) groups excluding carboxylic acids is 1. The summed E-state index contributed by atoms with van der Waals surface area (Å²) in [7, 11) is 1.87. The molecule has 0 aromatic heterocycles. The van der Waals surface area contributed by atoms with Gasteiger partial charge in [-0.15, -0.1) is 0 Å². The van der Waals surface area contributed by atoms with Crippen molar-refractivity contribution in [2.75, 3.05) is 33.2 Å². The van der Waals surface area contributed by atoms with Crippen LogP contribution < -0.4 is 5.73 Å². The lowest BCUT2D eigenvalue weighted by molar-refractivity contribution is -0.136. The van der Waals surface area contributed by atoms with Crippen LogP contribution in [0.3, 0.4) is 0 Å². The Morgan fingerprint density at radius 2 is 2.05 bits per heavy atom. The first kappa shape index (κ1) is 18.4. The number of rotatable bonds is 7. The second-order valence-corrected chi connectivity index (χ2v) is 6.95. The van der Waals surface area contributed by atoms with Crippen LogP contribution in [0, 0.1) is 5.92 Å². The number of aliphatic hydroxyl groups is 1. The van der Waals surface area contributed by atoms with E-state index < -0.39 is 5.54 Å². The van der Waals surface area contributed by atoms with Crippen molar-refractivity contribution in [3.63, 3.8) is 0 Å². The van der Waals surface area contributed by atoms with Crippen LogP contribution in [-0.2, 0) is 4.79 Å². The van der Waals surface area contributed by atoms with Crippen LogP contribution in [0.15, 0.2) is 0 Å². The van der Waals surface area contributed by atoms with E-state index in [4.69, 9.17) is 5.73 Å². The molecule has 1 fully saturated rings. The number of likely N-dealkylation sites (tertiary alicyclic amines) is 1. The highest BCUT2D eigenvalue weighted by Crippen LogP contribution is 2.20. The molecule has 1 aliphatic heterocycles. The second kappa shape index (κ2) is 8.11. The molecule has 5 heteroatoms. The Bertz CT molecular complexity index is 323. The van der Waals surface area contributed by atoms with Gasteiger partial charge in [0.1, 0.15) is 0 Å². The Labute approximate surface area is 129 Å². The van der Waals surface area contributed by atoms with E-state index in [1.165, 1.54) is 0 Å². The summed E-state index contributed by atoms with van der Waals surface area (Å²) in [5.74, 6) is 0.595. The zero-order chi connectivity index (χ0) is 16.0. The molecule has 1 saturated heterocycles. The molecule has 1 heterocycles. The number of piperidine rings is 1. The van der Waals surface area contributed by atoms with Gasteiger partial charge in [0, 0.05) is 20.1 Å². The van der Waals surface area contributed by atoms with Crippen LogP contribution in [0.1, 0.15) is 46.5 Å². The average molecular weight is 299 g/mol. The number of nitrogens with zero attached hydrogens (tertiary/aromatic N) is 2. The predicted molar refractivity (Wildman–Crippen MR) is 86.0 cm³/mol. The molecule has 3 N–H and O–H groups in total. The molecule has 1 rings (SSSR count). The molecular weight excluding hydrogens is 266 g/mol. The molecule has 124 valence electrons. The first-order chi connectivity index (χ1) is 9.76. The molecule has 0 saturated carbocycles. The van der Waals surface area contributed by atoms with Crippen LogP contribution in [-0.4, -0.2) is 65.7 Å². The van der Waals surface area contributed by atoms with Crippen molar-refractivity contribution in [2.24, 2.45) is 11.7 Å². The molecular formula is C16H33N3O2. The topological polar surface area (TPSA) is 69.8 Å². The Hall–Kier alpha value is -0.650. The van der Waals surface area contributed by atoms with E-state index in [0.717, 1.165) is 51.9 Å². The molecule has 5 nitrogen and oxygen atoms in total. The smallest absolute Gasteiger partial charge is 0.242 e. The number of hydrogen-bond acceptors (Lipinski definition) is 4. The molecule has 0 aliphatic carbocycles. The van der Waals surface area contributed by atoms with Gasteiger partial charge in [-0.25, -0.2) is 0 Å². The highest BCUT2D eigenvalue weighted by molar-refractivity contribution is 5.85. The summed E-state index contributed by atoms with van der Waals surface area (Å²) in [6, 6.07) is 0. The molecule has 2 unspecified atom stereocenters. The third-order valence-electron chi connectivity index (χ3n) is 4.37. The summed E-state index contributed by atoms with van der Waals surface area (Å²) in [6.45, 7) is 9.26. The summed E-state index contributed by atoms with van der Waals surface area (Å²) in [6.07, 6.45) is 3.55. The van der Waals surface area contributed by atoms with Crippen LogP contribution in [0.5, 0.6) is 0 Å². The number of amides is 1. The molecule has 0 aromatic rings. The van der Waals surface area contributed by atoms with Gasteiger partial charge in [-0.1, -0.05) is 13.3 Å². The van der Waals surface area contributed by atoms with Gasteiger partial charge in [0.05, 0.1) is 11.6 Å². The maximum atomic E-state index is 12.4. The number of hydrogen-bond donors (Lipinski definition) is 2. The largest absolute Gasteiger partial charge is 0.392 e. The maximum Gasteiger partial charge on any atom is 0.242 e. The molecule has 1 aliphatic rings. The minimum atomic E-state index is -0.740. The van der Waals surface area contributed by atoms with Crippen LogP contribution >= 0.6 is 0 Å². The van der Waals surface area contributed by atoms with E-state index in [1.807, 2.05) is 25.8 Å². The summed E-state index contributed by atoms with van der Waals surface area (Å²) in [5, 5.41) is 9.42. The van der Waals surface area contributed by atoms with E-state index in [1.54, 1.807) is 0 Å². The molecule has 21 heavy (non-hydrogen) atoms. The maximum absolute atomic E-state index is 12.4. The third kappa shape index (κ3) is 5.93. The Morgan fingerprint density at radius 1 is 1.48 bits per heavy atom. The zero-order valence-corrected chi connectivity index (χ0v) is 14.1. The van der Waals surface area contributed by atoms with Crippen LogP contribution in [0.25, 0.3) is 0 Å². The second-order valence-electron chi connectivity index (χ2n) is 6.95. The number of β-amino-alcohol motifs (C(OH)–C–C–N with tert-alkyl or cyclic N) is 1. The molecule has 0 radical (unpaired) electrons. The fourth-order valence-electron chi connectivity index (χ4n) is 3.26. The van der Waals surface area contributed by atoms with E-state index in [0.29, 0.717) is 5.92 Å². The van der Waals surface area contributed by atoms with E-state index in [2.05, 4.69) is 11.8 Å². The van der Waals surface area contributed by atoms with Gasteiger partial charge in [-0.05, 0) is 52.1 Å². The summed E-state index contributed by atoms with van der Waals surface area (Å²) in [4.78, 5) is 16.5. The van der Waals surface area contributed by atoms with Crippen LogP contribution in [0.2, 0.25) is 0 Å². The molecule has 0 spiro atoms.